The summed E-state index contributed by atoms with van der Waals surface area (Å²) in [5.74, 6) is 0. The summed E-state index contributed by atoms with van der Waals surface area (Å²) in [6.07, 6.45) is 4.12. The molecule has 1 aliphatic carbocycles. The molecule has 1 aliphatic rings. The number of benzene rings is 1. The average molecular weight is 303 g/mol. The number of pyridine rings is 1. The van der Waals surface area contributed by atoms with Crippen LogP contribution in [0, 0.1) is 6.92 Å². The van der Waals surface area contributed by atoms with Gasteiger partial charge >= 0.3 is 0 Å². The zero-order valence-electron chi connectivity index (χ0n) is 10.3. The first-order valence-corrected chi connectivity index (χ1v) is 7.00. The van der Waals surface area contributed by atoms with Crippen molar-refractivity contribution in [3.8, 4) is 0 Å². The van der Waals surface area contributed by atoms with Gasteiger partial charge in [-0.3, -0.25) is 4.98 Å². The van der Waals surface area contributed by atoms with Crippen LogP contribution >= 0.6 is 15.9 Å². The molecule has 2 aromatic rings. The standard InChI is InChI=1S/C15H15BrN2/c1-10-12(16)5-2-6-13(10)18-14-8-7-11-4-3-9-17-15(11)14/h2-6,9,14,18H,7-8H2,1H3. The Morgan fingerprint density at radius 1 is 1.28 bits per heavy atom. The lowest BCUT2D eigenvalue weighted by Crippen LogP contribution is -2.09. The second-order valence-corrected chi connectivity index (χ2v) is 5.55. The molecule has 1 heterocycles. The molecule has 0 spiro atoms. The Hall–Kier alpha value is -1.35. The van der Waals surface area contributed by atoms with Crippen LogP contribution in [0.1, 0.15) is 29.3 Å². The topological polar surface area (TPSA) is 24.9 Å². The molecule has 0 amide bonds. The number of nitrogens with one attached hydrogen (secondary N) is 1. The van der Waals surface area contributed by atoms with Gasteiger partial charge in [0.2, 0.25) is 0 Å². The lowest BCUT2D eigenvalue weighted by Gasteiger charge is -2.17. The first-order chi connectivity index (χ1) is 8.75. The molecule has 1 aromatic heterocycles. The van der Waals surface area contributed by atoms with Gasteiger partial charge in [0, 0.05) is 16.4 Å². The van der Waals surface area contributed by atoms with E-state index in [9.17, 15) is 0 Å². The second kappa shape index (κ2) is 4.73. The number of aromatic nitrogens is 1. The van der Waals surface area contributed by atoms with Crippen molar-refractivity contribution in [3.05, 3.63) is 57.8 Å². The van der Waals surface area contributed by atoms with E-state index >= 15 is 0 Å². The maximum Gasteiger partial charge on any atom is 0.0691 e. The van der Waals surface area contributed by atoms with Gasteiger partial charge in [0.15, 0.2) is 0 Å². The molecule has 0 radical (unpaired) electrons. The lowest BCUT2D eigenvalue weighted by atomic mass is 10.1. The van der Waals surface area contributed by atoms with E-state index in [1.165, 1.54) is 22.5 Å². The molecule has 18 heavy (non-hydrogen) atoms. The maximum absolute atomic E-state index is 4.51. The fourth-order valence-corrected chi connectivity index (χ4v) is 2.87. The van der Waals surface area contributed by atoms with Crippen molar-refractivity contribution in [3.63, 3.8) is 0 Å². The first-order valence-electron chi connectivity index (χ1n) is 6.21. The summed E-state index contributed by atoms with van der Waals surface area (Å²) in [6.45, 7) is 2.13. The Bertz CT molecular complexity index is 580. The third-order valence-electron chi connectivity index (χ3n) is 3.56. The van der Waals surface area contributed by atoms with Gasteiger partial charge in [0.25, 0.3) is 0 Å². The van der Waals surface area contributed by atoms with Gasteiger partial charge in [-0.05, 0) is 49.1 Å². The van der Waals surface area contributed by atoms with E-state index < -0.39 is 0 Å². The van der Waals surface area contributed by atoms with E-state index in [1.54, 1.807) is 0 Å². The van der Waals surface area contributed by atoms with Crippen LogP contribution in [0.5, 0.6) is 0 Å². The third-order valence-corrected chi connectivity index (χ3v) is 4.42. The van der Waals surface area contributed by atoms with E-state index in [2.05, 4.69) is 57.4 Å². The van der Waals surface area contributed by atoms with Crippen LogP contribution in [0.15, 0.2) is 41.0 Å². The highest BCUT2D eigenvalue weighted by atomic mass is 79.9. The van der Waals surface area contributed by atoms with E-state index in [0.29, 0.717) is 6.04 Å². The van der Waals surface area contributed by atoms with Crippen molar-refractivity contribution in [2.45, 2.75) is 25.8 Å². The lowest BCUT2D eigenvalue weighted by molar-refractivity contribution is 0.745. The molecule has 1 atom stereocenters. The summed E-state index contributed by atoms with van der Waals surface area (Å²) in [7, 11) is 0. The normalized spacial score (nSPS) is 17.6. The highest BCUT2D eigenvalue weighted by Crippen LogP contribution is 2.34. The Morgan fingerprint density at radius 2 is 2.17 bits per heavy atom. The van der Waals surface area contributed by atoms with E-state index in [0.717, 1.165) is 17.3 Å². The minimum absolute atomic E-state index is 0.342. The predicted octanol–water partition coefficient (Wildman–Crippen LogP) is 4.25. The molecular formula is C15H15BrN2. The Balaban J connectivity index is 1.89. The summed E-state index contributed by atoms with van der Waals surface area (Å²) in [5, 5.41) is 3.61. The molecular weight excluding hydrogens is 288 g/mol. The van der Waals surface area contributed by atoms with Crippen LogP contribution in [-0.2, 0) is 6.42 Å². The van der Waals surface area contributed by atoms with Crippen LogP contribution in [0.3, 0.4) is 0 Å². The molecule has 2 nitrogen and oxygen atoms in total. The largest absolute Gasteiger partial charge is 0.376 e. The molecule has 0 aliphatic heterocycles. The van der Waals surface area contributed by atoms with E-state index in [1.807, 2.05) is 12.3 Å². The fourth-order valence-electron chi connectivity index (χ4n) is 2.50. The second-order valence-electron chi connectivity index (χ2n) is 4.70. The van der Waals surface area contributed by atoms with Crippen molar-refractivity contribution in [1.82, 2.24) is 4.98 Å². The van der Waals surface area contributed by atoms with Crippen LogP contribution in [0.4, 0.5) is 5.69 Å². The zero-order chi connectivity index (χ0) is 12.5. The third kappa shape index (κ3) is 2.03. The summed E-state index contributed by atoms with van der Waals surface area (Å²) in [6, 6.07) is 10.8. The average Bonchev–Trinajstić information content (AvgIpc) is 2.79. The molecule has 0 saturated carbocycles. The van der Waals surface area contributed by atoms with Crippen LogP contribution in [0.2, 0.25) is 0 Å². The van der Waals surface area contributed by atoms with Crippen molar-refractivity contribution in [2.24, 2.45) is 0 Å². The maximum atomic E-state index is 4.51. The van der Waals surface area contributed by atoms with Gasteiger partial charge in [0.1, 0.15) is 0 Å². The number of aryl methyl sites for hydroxylation is 1. The van der Waals surface area contributed by atoms with Gasteiger partial charge < -0.3 is 5.32 Å². The summed E-state index contributed by atoms with van der Waals surface area (Å²) in [4.78, 5) is 4.51. The molecule has 0 fully saturated rings. The van der Waals surface area contributed by atoms with Crippen LogP contribution in [0.25, 0.3) is 0 Å². The Labute approximate surface area is 116 Å². The van der Waals surface area contributed by atoms with Gasteiger partial charge in [0.05, 0.1) is 11.7 Å². The minimum Gasteiger partial charge on any atom is -0.376 e. The number of hydrogen-bond acceptors (Lipinski definition) is 2. The summed E-state index contributed by atoms with van der Waals surface area (Å²) < 4.78 is 1.15. The van der Waals surface area contributed by atoms with Crippen LogP contribution in [-0.4, -0.2) is 4.98 Å². The van der Waals surface area contributed by atoms with Crippen molar-refractivity contribution in [2.75, 3.05) is 5.32 Å². The number of halogens is 1. The number of anilines is 1. The van der Waals surface area contributed by atoms with Crippen molar-refractivity contribution in [1.29, 1.82) is 0 Å². The van der Waals surface area contributed by atoms with Crippen molar-refractivity contribution >= 4 is 21.6 Å². The Morgan fingerprint density at radius 3 is 3.06 bits per heavy atom. The van der Waals surface area contributed by atoms with Gasteiger partial charge in [-0.25, -0.2) is 0 Å². The summed E-state index contributed by atoms with van der Waals surface area (Å²) in [5.41, 5.74) is 5.02. The monoisotopic (exact) mass is 302 g/mol. The highest BCUT2D eigenvalue weighted by molar-refractivity contribution is 9.10. The Kier molecular flexibility index (Phi) is 3.08. The summed E-state index contributed by atoms with van der Waals surface area (Å²) >= 11 is 3.57. The predicted molar refractivity (Wildman–Crippen MR) is 77.8 cm³/mol. The molecule has 0 bridgehead atoms. The molecule has 3 rings (SSSR count). The van der Waals surface area contributed by atoms with Crippen LogP contribution < -0.4 is 5.32 Å². The molecule has 1 aromatic carbocycles. The molecule has 3 heteroatoms. The van der Waals surface area contributed by atoms with E-state index in [4.69, 9.17) is 0 Å². The zero-order valence-corrected chi connectivity index (χ0v) is 11.9. The molecule has 1 unspecified atom stereocenters. The molecule has 1 N–H and O–H groups in total. The van der Waals surface area contributed by atoms with Gasteiger partial charge in [-0.1, -0.05) is 28.1 Å². The highest BCUT2D eigenvalue weighted by Gasteiger charge is 2.23. The number of hydrogen-bond donors (Lipinski definition) is 1. The number of rotatable bonds is 2. The van der Waals surface area contributed by atoms with Gasteiger partial charge in [-0.2, -0.15) is 0 Å². The fraction of sp³-hybridized carbons (Fsp3) is 0.267. The molecule has 92 valence electrons. The number of fused-ring (bicyclic) bond motifs is 1. The first kappa shape index (κ1) is 11.7. The minimum atomic E-state index is 0.342. The van der Waals surface area contributed by atoms with E-state index in [-0.39, 0.29) is 0 Å². The van der Waals surface area contributed by atoms with Crippen molar-refractivity contribution < 1.29 is 0 Å². The number of nitrogens with zero attached hydrogens (tertiary/aromatic N) is 1. The smallest absolute Gasteiger partial charge is 0.0691 e. The molecule has 0 saturated heterocycles. The van der Waals surface area contributed by atoms with Gasteiger partial charge in [-0.15, -0.1) is 0 Å². The quantitative estimate of drug-likeness (QED) is 0.897. The SMILES string of the molecule is Cc1c(Br)cccc1NC1CCc2cccnc21.